The molecule has 44 valence electrons. The van der Waals surface area contributed by atoms with Crippen molar-refractivity contribution in [3.8, 4) is 0 Å². The molecule has 0 saturated heterocycles. The van der Waals surface area contributed by atoms with Crippen LogP contribution in [-0.4, -0.2) is 4.37 Å². The lowest BCUT2D eigenvalue weighted by molar-refractivity contribution is 1.32. The zero-order valence-corrected chi connectivity index (χ0v) is 8.67. The molecule has 8 heavy (non-hydrogen) atoms. The number of aryl methyl sites for hydroxylation is 1. The van der Waals surface area contributed by atoms with Crippen LogP contribution in [0.4, 0.5) is 0 Å². The number of rotatable bonds is 0. The first-order valence-electron chi connectivity index (χ1n) is 1.99. The molecule has 0 N–H and O–H groups in total. The minimum Gasteiger partial charge on any atom is -0.196 e. The fourth-order valence-corrected chi connectivity index (χ4v) is 1.98. The molecular formula is C4H3BrINS. The predicted octanol–water partition coefficient (Wildman–Crippen LogP) is 2.82. The third-order valence-corrected chi connectivity index (χ3v) is 4.59. The smallest absolute Gasteiger partial charge is 0.100 e. The van der Waals surface area contributed by atoms with Crippen molar-refractivity contribution in [3.05, 3.63) is 13.1 Å². The summed E-state index contributed by atoms with van der Waals surface area (Å²) in [5.74, 6) is 0. The van der Waals surface area contributed by atoms with Crippen molar-refractivity contribution in [1.82, 2.24) is 4.37 Å². The highest BCUT2D eigenvalue weighted by molar-refractivity contribution is 14.1. The maximum Gasteiger partial charge on any atom is 0.100 e. The van der Waals surface area contributed by atoms with Crippen molar-refractivity contribution in [3.63, 3.8) is 0 Å². The second-order valence-electron chi connectivity index (χ2n) is 1.36. The summed E-state index contributed by atoms with van der Waals surface area (Å²) in [5.41, 5.74) is 1.08. The quantitative estimate of drug-likeness (QED) is 0.672. The van der Waals surface area contributed by atoms with Crippen LogP contribution >= 0.6 is 50.1 Å². The Labute approximate surface area is 73.9 Å². The SMILES string of the molecule is Cc1nsc(I)c1Br. The van der Waals surface area contributed by atoms with Crippen molar-refractivity contribution in [2.24, 2.45) is 0 Å². The number of hydrogen-bond acceptors (Lipinski definition) is 2. The molecule has 0 aliphatic carbocycles. The average molecular weight is 304 g/mol. The van der Waals surface area contributed by atoms with Crippen LogP contribution in [0.3, 0.4) is 0 Å². The van der Waals surface area contributed by atoms with Gasteiger partial charge in [-0.15, -0.1) is 0 Å². The van der Waals surface area contributed by atoms with Gasteiger partial charge in [0.15, 0.2) is 0 Å². The average Bonchev–Trinajstić information content (AvgIpc) is 1.98. The molecule has 0 fully saturated rings. The third kappa shape index (κ3) is 1.22. The standard InChI is InChI=1S/C4H3BrINS/c1-2-3(5)4(6)8-7-2/h1H3. The summed E-state index contributed by atoms with van der Waals surface area (Å²) in [6.45, 7) is 1.99. The minimum absolute atomic E-state index is 1.08. The monoisotopic (exact) mass is 303 g/mol. The number of aromatic nitrogens is 1. The Kier molecular flexibility index (Phi) is 2.27. The van der Waals surface area contributed by atoms with Gasteiger partial charge in [0.1, 0.15) is 2.88 Å². The van der Waals surface area contributed by atoms with E-state index in [0.29, 0.717) is 0 Å². The third-order valence-electron chi connectivity index (χ3n) is 0.753. The van der Waals surface area contributed by atoms with Gasteiger partial charge in [0.2, 0.25) is 0 Å². The Bertz CT molecular complexity index is 178. The van der Waals surface area contributed by atoms with Crippen LogP contribution in [0.5, 0.6) is 0 Å². The zero-order valence-electron chi connectivity index (χ0n) is 4.11. The molecule has 4 heteroatoms. The lowest BCUT2D eigenvalue weighted by atomic mass is 10.5. The van der Waals surface area contributed by atoms with E-state index < -0.39 is 0 Å². The topological polar surface area (TPSA) is 12.9 Å². The summed E-state index contributed by atoms with van der Waals surface area (Å²) in [5, 5.41) is 0. The maximum absolute atomic E-state index is 4.10. The van der Waals surface area contributed by atoms with Crippen molar-refractivity contribution >= 4 is 50.1 Å². The van der Waals surface area contributed by atoms with Gasteiger partial charge in [-0.1, -0.05) is 0 Å². The molecule has 0 amide bonds. The van der Waals surface area contributed by atoms with Crippen LogP contribution in [0.25, 0.3) is 0 Å². The van der Waals surface area contributed by atoms with E-state index in [1.54, 1.807) is 0 Å². The van der Waals surface area contributed by atoms with Gasteiger partial charge >= 0.3 is 0 Å². The van der Waals surface area contributed by atoms with Gasteiger partial charge in [0.25, 0.3) is 0 Å². The van der Waals surface area contributed by atoms with Gasteiger partial charge in [0.05, 0.1) is 10.2 Å². The van der Waals surface area contributed by atoms with E-state index >= 15 is 0 Å². The van der Waals surface area contributed by atoms with E-state index in [0.717, 1.165) is 10.2 Å². The molecule has 0 saturated carbocycles. The summed E-state index contributed by atoms with van der Waals surface area (Å²) in [6.07, 6.45) is 0. The summed E-state index contributed by atoms with van der Waals surface area (Å²) < 4.78 is 6.47. The first kappa shape index (κ1) is 6.95. The Balaban J connectivity index is 3.19. The molecule has 0 radical (unpaired) electrons. The molecular weight excluding hydrogens is 301 g/mol. The Morgan fingerprint density at radius 1 is 1.75 bits per heavy atom. The van der Waals surface area contributed by atoms with Crippen LogP contribution in [0, 0.1) is 9.81 Å². The van der Waals surface area contributed by atoms with E-state index in [2.05, 4.69) is 42.9 Å². The van der Waals surface area contributed by atoms with Gasteiger partial charge in [-0.3, -0.25) is 0 Å². The van der Waals surface area contributed by atoms with Crippen LogP contribution in [0.2, 0.25) is 0 Å². The van der Waals surface area contributed by atoms with Crippen molar-refractivity contribution in [2.75, 3.05) is 0 Å². The highest BCUT2D eigenvalue weighted by atomic mass is 127. The highest BCUT2D eigenvalue weighted by Gasteiger charge is 2.01. The molecule has 0 bridgehead atoms. The van der Waals surface area contributed by atoms with Crippen LogP contribution in [-0.2, 0) is 0 Å². The Morgan fingerprint density at radius 2 is 2.38 bits per heavy atom. The fraction of sp³-hybridized carbons (Fsp3) is 0.250. The summed E-state index contributed by atoms with van der Waals surface area (Å²) >= 11 is 7.16. The van der Waals surface area contributed by atoms with Crippen LogP contribution < -0.4 is 0 Å². The lowest BCUT2D eigenvalue weighted by Crippen LogP contribution is -1.66. The van der Waals surface area contributed by atoms with E-state index in [1.807, 2.05) is 6.92 Å². The zero-order chi connectivity index (χ0) is 6.15. The fourth-order valence-electron chi connectivity index (χ4n) is 0.331. The largest absolute Gasteiger partial charge is 0.196 e. The highest BCUT2D eigenvalue weighted by Crippen LogP contribution is 2.25. The molecule has 1 aromatic heterocycles. The lowest BCUT2D eigenvalue weighted by Gasteiger charge is -1.79. The van der Waals surface area contributed by atoms with Crippen LogP contribution in [0.15, 0.2) is 4.47 Å². The molecule has 0 aromatic carbocycles. The molecule has 1 heterocycles. The molecule has 0 aliphatic rings. The van der Waals surface area contributed by atoms with Gasteiger partial charge in [-0.25, -0.2) is 0 Å². The van der Waals surface area contributed by atoms with Gasteiger partial charge in [-0.05, 0) is 57.0 Å². The number of halogens is 2. The summed E-state index contributed by atoms with van der Waals surface area (Å²) in [7, 11) is 0. The first-order valence-corrected chi connectivity index (χ1v) is 4.63. The van der Waals surface area contributed by atoms with Crippen molar-refractivity contribution in [1.29, 1.82) is 0 Å². The van der Waals surface area contributed by atoms with E-state index in [9.17, 15) is 0 Å². The van der Waals surface area contributed by atoms with Gasteiger partial charge in [-0.2, -0.15) is 4.37 Å². The summed E-state index contributed by atoms with van der Waals surface area (Å²) in [6, 6.07) is 0. The van der Waals surface area contributed by atoms with E-state index in [1.165, 1.54) is 14.4 Å². The second-order valence-corrected chi connectivity index (χ2v) is 4.73. The molecule has 0 aliphatic heterocycles. The van der Waals surface area contributed by atoms with Gasteiger partial charge in [0, 0.05) is 0 Å². The van der Waals surface area contributed by atoms with Crippen molar-refractivity contribution < 1.29 is 0 Å². The first-order chi connectivity index (χ1) is 3.72. The summed E-state index contributed by atoms with van der Waals surface area (Å²) in [4.78, 5) is 0. The molecule has 0 atom stereocenters. The minimum atomic E-state index is 1.08. The van der Waals surface area contributed by atoms with Crippen LogP contribution in [0.1, 0.15) is 5.69 Å². The van der Waals surface area contributed by atoms with E-state index in [-0.39, 0.29) is 0 Å². The normalized spacial score (nSPS) is 9.88. The molecule has 0 spiro atoms. The Hall–Kier alpha value is 0.840. The predicted molar refractivity (Wildman–Crippen MR) is 47.3 cm³/mol. The Morgan fingerprint density at radius 3 is 2.50 bits per heavy atom. The van der Waals surface area contributed by atoms with E-state index in [4.69, 9.17) is 0 Å². The second kappa shape index (κ2) is 2.62. The number of hydrogen-bond donors (Lipinski definition) is 0. The van der Waals surface area contributed by atoms with Crippen molar-refractivity contribution in [2.45, 2.75) is 6.92 Å². The molecule has 1 rings (SSSR count). The number of nitrogens with zero attached hydrogens (tertiary/aromatic N) is 1. The molecule has 1 nitrogen and oxygen atoms in total. The molecule has 1 aromatic rings. The van der Waals surface area contributed by atoms with Gasteiger partial charge < -0.3 is 0 Å². The molecule has 0 unspecified atom stereocenters. The maximum atomic E-state index is 4.10.